The van der Waals surface area contributed by atoms with E-state index in [9.17, 15) is 0 Å². The summed E-state index contributed by atoms with van der Waals surface area (Å²) in [4.78, 5) is 0. The SMILES string of the molecule is CCOC[Si](OC)(C(C)(C)C)C(C)(C)C. The van der Waals surface area contributed by atoms with E-state index < -0.39 is 8.32 Å². The van der Waals surface area contributed by atoms with E-state index in [2.05, 4.69) is 41.5 Å². The summed E-state index contributed by atoms with van der Waals surface area (Å²) in [5, 5.41) is 0.379. The fourth-order valence-corrected chi connectivity index (χ4v) is 7.43. The van der Waals surface area contributed by atoms with E-state index in [0.717, 1.165) is 12.8 Å². The summed E-state index contributed by atoms with van der Waals surface area (Å²) in [6, 6.07) is 0. The molecular weight excluding hydrogens is 204 g/mol. The molecule has 0 spiro atoms. The lowest BCUT2D eigenvalue weighted by molar-refractivity contribution is 0.157. The summed E-state index contributed by atoms with van der Waals surface area (Å²) in [7, 11) is -0.0669. The van der Waals surface area contributed by atoms with Crippen molar-refractivity contribution >= 4 is 8.32 Å². The minimum absolute atomic E-state index is 0.190. The normalized spacial score (nSPS) is 14.4. The molecule has 0 atom stereocenters. The van der Waals surface area contributed by atoms with Crippen LogP contribution in [0.2, 0.25) is 10.1 Å². The molecule has 0 saturated carbocycles. The second kappa shape index (κ2) is 4.98. The molecule has 0 aliphatic carbocycles. The van der Waals surface area contributed by atoms with Gasteiger partial charge in [0.1, 0.15) is 0 Å². The highest BCUT2D eigenvalue weighted by Crippen LogP contribution is 2.51. The fourth-order valence-electron chi connectivity index (χ4n) is 2.48. The van der Waals surface area contributed by atoms with Crippen molar-refractivity contribution in [2.24, 2.45) is 0 Å². The number of hydrogen-bond acceptors (Lipinski definition) is 2. The number of ether oxygens (including phenoxy) is 1. The lowest BCUT2D eigenvalue weighted by Crippen LogP contribution is -2.58. The van der Waals surface area contributed by atoms with Crippen molar-refractivity contribution in [3.63, 3.8) is 0 Å². The van der Waals surface area contributed by atoms with E-state index in [1.54, 1.807) is 0 Å². The zero-order chi connectivity index (χ0) is 12.3. The van der Waals surface area contributed by atoms with Crippen molar-refractivity contribution in [2.45, 2.75) is 58.5 Å². The number of hydrogen-bond donors (Lipinski definition) is 0. The predicted octanol–water partition coefficient (Wildman–Crippen LogP) is 3.75. The van der Waals surface area contributed by atoms with Crippen LogP contribution in [0.3, 0.4) is 0 Å². The Balaban J connectivity index is 5.13. The third-order valence-corrected chi connectivity index (χ3v) is 9.43. The van der Waals surface area contributed by atoms with Gasteiger partial charge in [-0.25, -0.2) is 0 Å². The molecule has 0 bridgehead atoms. The third kappa shape index (κ3) is 3.05. The van der Waals surface area contributed by atoms with E-state index >= 15 is 0 Å². The van der Waals surface area contributed by atoms with E-state index in [1.165, 1.54) is 0 Å². The summed E-state index contributed by atoms with van der Waals surface area (Å²) < 4.78 is 11.7. The van der Waals surface area contributed by atoms with Crippen LogP contribution in [0.1, 0.15) is 48.5 Å². The van der Waals surface area contributed by atoms with Gasteiger partial charge in [0.2, 0.25) is 8.32 Å². The zero-order valence-electron chi connectivity index (χ0n) is 11.7. The average molecular weight is 232 g/mol. The minimum atomic E-state index is -1.92. The van der Waals surface area contributed by atoms with Crippen LogP contribution >= 0.6 is 0 Å². The van der Waals surface area contributed by atoms with Crippen molar-refractivity contribution in [1.29, 1.82) is 0 Å². The Morgan fingerprint density at radius 3 is 1.53 bits per heavy atom. The summed E-state index contributed by atoms with van der Waals surface area (Å²) in [6.07, 6.45) is 0.785. The van der Waals surface area contributed by atoms with Crippen LogP contribution in [0, 0.1) is 0 Å². The van der Waals surface area contributed by atoms with Gasteiger partial charge in [0.25, 0.3) is 0 Å². The molecule has 0 aromatic rings. The monoisotopic (exact) mass is 232 g/mol. The Morgan fingerprint density at radius 2 is 1.33 bits per heavy atom. The molecule has 15 heavy (non-hydrogen) atoms. The highest BCUT2D eigenvalue weighted by molar-refractivity contribution is 6.79. The Morgan fingerprint density at radius 1 is 0.933 bits per heavy atom. The molecular formula is C12H28O2Si. The van der Waals surface area contributed by atoms with E-state index in [4.69, 9.17) is 9.16 Å². The summed E-state index contributed by atoms with van der Waals surface area (Å²) in [6.45, 7) is 16.4. The first-order valence-corrected chi connectivity index (χ1v) is 7.87. The molecule has 0 heterocycles. The van der Waals surface area contributed by atoms with Crippen molar-refractivity contribution < 1.29 is 9.16 Å². The van der Waals surface area contributed by atoms with Crippen LogP contribution < -0.4 is 0 Å². The van der Waals surface area contributed by atoms with Crippen LogP contribution in [0.5, 0.6) is 0 Å². The van der Waals surface area contributed by atoms with Crippen molar-refractivity contribution in [3.8, 4) is 0 Å². The third-order valence-electron chi connectivity index (χ3n) is 3.28. The molecule has 0 rings (SSSR count). The molecule has 0 fully saturated rings. The van der Waals surface area contributed by atoms with Gasteiger partial charge in [0.15, 0.2) is 0 Å². The first-order chi connectivity index (χ1) is 6.62. The van der Waals surface area contributed by atoms with Crippen LogP contribution in [0.4, 0.5) is 0 Å². The van der Waals surface area contributed by atoms with Gasteiger partial charge >= 0.3 is 0 Å². The molecule has 2 nitrogen and oxygen atoms in total. The lowest BCUT2D eigenvalue weighted by Gasteiger charge is -2.49. The Kier molecular flexibility index (Phi) is 5.02. The maximum Gasteiger partial charge on any atom is 0.227 e. The van der Waals surface area contributed by atoms with Gasteiger partial charge in [0, 0.05) is 13.7 Å². The van der Waals surface area contributed by atoms with Crippen LogP contribution in [0.15, 0.2) is 0 Å². The van der Waals surface area contributed by atoms with Crippen molar-refractivity contribution in [2.75, 3.05) is 19.9 Å². The number of rotatable bonds is 4. The van der Waals surface area contributed by atoms with Gasteiger partial charge in [-0.2, -0.15) is 0 Å². The summed E-state index contributed by atoms with van der Waals surface area (Å²) >= 11 is 0. The quantitative estimate of drug-likeness (QED) is 0.687. The second-order valence-electron chi connectivity index (χ2n) is 6.17. The predicted molar refractivity (Wildman–Crippen MR) is 68.7 cm³/mol. The second-order valence-corrected chi connectivity index (χ2v) is 11.5. The standard InChI is InChI=1S/C12H28O2Si/c1-9-14-10-15(13-8,11(2,3)4)12(5,6)7/h9-10H2,1-8H3. The van der Waals surface area contributed by atoms with E-state index in [1.807, 2.05) is 14.0 Å². The Labute approximate surface area is 96.5 Å². The minimum Gasteiger partial charge on any atom is -0.417 e. The maximum atomic E-state index is 5.98. The van der Waals surface area contributed by atoms with Gasteiger partial charge in [0.05, 0.1) is 6.23 Å². The van der Waals surface area contributed by atoms with Crippen LogP contribution in [-0.2, 0) is 9.16 Å². The molecule has 0 saturated heterocycles. The summed E-state index contributed by atoms with van der Waals surface area (Å²) in [5.41, 5.74) is 0. The fraction of sp³-hybridized carbons (Fsp3) is 1.00. The van der Waals surface area contributed by atoms with Gasteiger partial charge in [-0.15, -0.1) is 0 Å². The van der Waals surface area contributed by atoms with Gasteiger partial charge in [-0.05, 0) is 17.0 Å². The van der Waals surface area contributed by atoms with Gasteiger partial charge < -0.3 is 9.16 Å². The summed E-state index contributed by atoms with van der Waals surface area (Å²) in [5.74, 6) is 0. The van der Waals surface area contributed by atoms with Crippen molar-refractivity contribution in [1.82, 2.24) is 0 Å². The zero-order valence-corrected chi connectivity index (χ0v) is 12.7. The highest BCUT2D eigenvalue weighted by atomic mass is 28.4. The molecule has 0 unspecified atom stereocenters. The molecule has 0 aliphatic rings. The van der Waals surface area contributed by atoms with Crippen molar-refractivity contribution in [3.05, 3.63) is 0 Å². The first-order valence-electron chi connectivity index (χ1n) is 5.75. The molecule has 0 amide bonds. The smallest absolute Gasteiger partial charge is 0.227 e. The Hall–Kier alpha value is 0.137. The molecule has 92 valence electrons. The first kappa shape index (κ1) is 15.1. The van der Waals surface area contributed by atoms with Gasteiger partial charge in [-0.3, -0.25) is 0 Å². The maximum absolute atomic E-state index is 5.98. The van der Waals surface area contributed by atoms with Gasteiger partial charge in [-0.1, -0.05) is 41.5 Å². The average Bonchev–Trinajstić information content (AvgIpc) is 2.01. The molecule has 0 aromatic heterocycles. The molecule has 0 radical (unpaired) electrons. The molecule has 0 aliphatic heterocycles. The molecule has 0 aromatic carbocycles. The topological polar surface area (TPSA) is 18.5 Å². The Bertz CT molecular complexity index is 175. The largest absolute Gasteiger partial charge is 0.417 e. The van der Waals surface area contributed by atoms with Crippen LogP contribution in [0.25, 0.3) is 0 Å². The highest BCUT2D eigenvalue weighted by Gasteiger charge is 2.54. The molecule has 0 N–H and O–H groups in total. The van der Waals surface area contributed by atoms with Crippen LogP contribution in [-0.4, -0.2) is 28.3 Å². The van der Waals surface area contributed by atoms with E-state index in [-0.39, 0.29) is 10.1 Å². The van der Waals surface area contributed by atoms with E-state index in [0.29, 0.717) is 0 Å². The molecule has 3 heteroatoms. The lowest BCUT2D eigenvalue weighted by atomic mass is 10.2.